The molecule has 1 saturated carbocycles. The van der Waals surface area contributed by atoms with E-state index in [1.165, 1.54) is 37.8 Å². The average Bonchev–Trinajstić information content (AvgIpc) is 2.29. The van der Waals surface area contributed by atoms with Crippen molar-refractivity contribution in [3.63, 3.8) is 0 Å². The quantitative estimate of drug-likeness (QED) is 0.785. The number of nitrogens with one attached hydrogen (secondary N) is 1. The standard InChI is InChI=1S/C16H25N/c1-3-16(10-7-11-16)13-17-14(2)12-15-8-5-4-6-9-15/h4-6,8-9,14,17H,3,7,10-13H2,1-2H3. The predicted octanol–water partition coefficient (Wildman–Crippen LogP) is 3.79. The predicted molar refractivity (Wildman–Crippen MR) is 74.2 cm³/mol. The molecule has 2 rings (SSSR count). The van der Waals surface area contributed by atoms with E-state index in [4.69, 9.17) is 0 Å². The van der Waals surface area contributed by atoms with E-state index < -0.39 is 0 Å². The highest BCUT2D eigenvalue weighted by Gasteiger charge is 2.34. The average molecular weight is 231 g/mol. The van der Waals surface area contributed by atoms with Gasteiger partial charge in [-0.25, -0.2) is 0 Å². The number of hydrogen-bond acceptors (Lipinski definition) is 1. The Hall–Kier alpha value is -0.820. The van der Waals surface area contributed by atoms with Crippen LogP contribution in [-0.2, 0) is 6.42 Å². The fraction of sp³-hybridized carbons (Fsp3) is 0.625. The zero-order chi connectivity index (χ0) is 12.1. The molecule has 1 heteroatoms. The van der Waals surface area contributed by atoms with Gasteiger partial charge in [-0.3, -0.25) is 0 Å². The molecule has 1 aromatic rings. The molecule has 0 saturated heterocycles. The van der Waals surface area contributed by atoms with Crippen LogP contribution in [-0.4, -0.2) is 12.6 Å². The molecule has 0 bridgehead atoms. The van der Waals surface area contributed by atoms with Crippen LogP contribution in [0.1, 0.15) is 45.1 Å². The highest BCUT2D eigenvalue weighted by atomic mass is 14.9. The van der Waals surface area contributed by atoms with Crippen molar-refractivity contribution >= 4 is 0 Å². The second kappa shape index (κ2) is 5.68. The molecule has 1 aromatic carbocycles. The van der Waals surface area contributed by atoms with E-state index in [2.05, 4.69) is 49.5 Å². The first-order valence-electron chi connectivity index (χ1n) is 7.01. The summed E-state index contributed by atoms with van der Waals surface area (Å²) >= 11 is 0. The number of hydrogen-bond donors (Lipinski definition) is 1. The molecular weight excluding hydrogens is 206 g/mol. The minimum atomic E-state index is 0.585. The van der Waals surface area contributed by atoms with E-state index in [0.29, 0.717) is 11.5 Å². The van der Waals surface area contributed by atoms with Crippen LogP contribution in [0.4, 0.5) is 0 Å². The molecule has 0 aromatic heterocycles. The summed E-state index contributed by atoms with van der Waals surface area (Å²) in [7, 11) is 0. The van der Waals surface area contributed by atoms with E-state index in [1.807, 2.05) is 0 Å². The van der Waals surface area contributed by atoms with Crippen molar-refractivity contribution in [2.24, 2.45) is 5.41 Å². The van der Waals surface area contributed by atoms with Gasteiger partial charge in [0.15, 0.2) is 0 Å². The summed E-state index contributed by atoms with van der Waals surface area (Å²) in [6, 6.07) is 11.4. The minimum absolute atomic E-state index is 0.585. The van der Waals surface area contributed by atoms with Gasteiger partial charge in [0.1, 0.15) is 0 Å². The summed E-state index contributed by atoms with van der Waals surface area (Å²) in [6.07, 6.45) is 6.75. The second-order valence-corrected chi connectivity index (χ2v) is 5.68. The van der Waals surface area contributed by atoms with E-state index in [0.717, 1.165) is 6.42 Å². The lowest BCUT2D eigenvalue weighted by Gasteiger charge is -2.42. The van der Waals surface area contributed by atoms with Crippen LogP contribution in [0.25, 0.3) is 0 Å². The molecule has 1 N–H and O–H groups in total. The summed E-state index contributed by atoms with van der Waals surface area (Å²) in [4.78, 5) is 0. The molecule has 1 nitrogen and oxygen atoms in total. The maximum atomic E-state index is 3.72. The zero-order valence-corrected chi connectivity index (χ0v) is 11.2. The third-order valence-corrected chi connectivity index (χ3v) is 4.37. The molecule has 0 radical (unpaired) electrons. The monoisotopic (exact) mass is 231 g/mol. The van der Waals surface area contributed by atoms with E-state index in [-0.39, 0.29) is 0 Å². The first-order valence-corrected chi connectivity index (χ1v) is 7.01. The number of rotatable bonds is 6. The van der Waals surface area contributed by atoms with Crippen LogP contribution in [0.5, 0.6) is 0 Å². The van der Waals surface area contributed by atoms with Gasteiger partial charge in [0.2, 0.25) is 0 Å². The van der Waals surface area contributed by atoms with Crippen molar-refractivity contribution in [3.8, 4) is 0 Å². The van der Waals surface area contributed by atoms with Crippen molar-refractivity contribution in [3.05, 3.63) is 35.9 Å². The van der Waals surface area contributed by atoms with Crippen LogP contribution < -0.4 is 5.32 Å². The van der Waals surface area contributed by atoms with Gasteiger partial charge in [-0.1, -0.05) is 43.7 Å². The molecule has 17 heavy (non-hydrogen) atoms. The lowest BCUT2D eigenvalue weighted by molar-refractivity contribution is 0.120. The number of benzene rings is 1. The zero-order valence-electron chi connectivity index (χ0n) is 11.2. The summed E-state index contributed by atoms with van der Waals surface area (Å²) in [5.41, 5.74) is 2.07. The highest BCUT2D eigenvalue weighted by Crippen LogP contribution is 2.43. The topological polar surface area (TPSA) is 12.0 Å². The first kappa shape index (κ1) is 12.6. The third kappa shape index (κ3) is 3.32. The van der Waals surface area contributed by atoms with Gasteiger partial charge in [0.05, 0.1) is 0 Å². The van der Waals surface area contributed by atoms with Gasteiger partial charge in [0.25, 0.3) is 0 Å². The Morgan fingerprint density at radius 2 is 1.94 bits per heavy atom. The van der Waals surface area contributed by atoms with Gasteiger partial charge < -0.3 is 5.32 Å². The van der Waals surface area contributed by atoms with Gasteiger partial charge in [-0.2, -0.15) is 0 Å². The molecule has 0 amide bonds. The van der Waals surface area contributed by atoms with Gasteiger partial charge in [-0.15, -0.1) is 0 Å². The summed E-state index contributed by atoms with van der Waals surface area (Å²) < 4.78 is 0. The minimum Gasteiger partial charge on any atom is -0.313 e. The normalized spacial score (nSPS) is 19.6. The molecular formula is C16H25N. The van der Waals surface area contributed by atoms with Crippen LogP contribution in [0, 0.1) is 5.41 Å². The Morgan fingerprint density at radius 1 is 1.24 bits per heavy atom. The Kier molecular flexibility index (Phi) is 4.22. The molecule has 1 aliphatic rings. The largest absolute Gasteiger partial charge is 0.313 e. The first-order chi connectivity index (χ1) is 8.24. The Balaban J connectivity index is 1.76. The Bertz CT molecular complexity index is 321. The van der Waals surface area contributed by atoms with Gasteiger partial charge in [-0.05, 0) is 43.6 Å². The van der Waals surface area contributed by atoms with Crippen molar-refractivity contribution in [2.75, 3.05) is 6.54 Å². The molecule has 94 valence electrons. The summed E-state index contributed by atoms with van der Waals surface area (Å²) in [5.74, 6) is 0. The van der Waals surface area contributed by atoms with Gasteiger partial charge in [0, 0.05) is 12.6 Å². The molecule has 0 spiro atoms. The van der Waals surface area contributed by atoms with Crippen molar-refractivity contribution in [2.45, 2.75) is 52.0 Å². The van der Waals surface area contributed by atoms with Crippen LogP contribution >= 0.6 is 0 Å². The summed E-state index contributed by atoms with van der Waals surface area (Å²) in [6.45, 7) is 5.84. The molecule has 1 atom stereocenters. The van der Waals surface area contributed by atoms with E-state index in [9.17, 15) is 0 Å². The van der Waals surface area contributed by atoms with Crippen LogP contribution in [0.2, 0.25) is 0 Å². The van der Waals surface area contributed by atoms with Crippen molar-refractivity contribution in [1.82, 2.24) is 5.32 Å². The van der Waals surface area contributed by atoms with Crippen LogP contribution in [0.15, 0.2) is 30.3 Å². The highest BCUT2D eigenvalue weighted by molar-refractivity contribution is 5.15. The molecule has 0 heterocycles. The molecule has 1 unspecified atom stereocenters. The molecule has 1 fully saturated rings. The lowest BCUT2D eigenvalue weighted by atomic mass is 9.67. The van der Waals surface area contributed by atoms with Gasteiger partial charge >= 0.3 is 0 Å². The van der Waals surface area contributed by atoms with E-state index in [1.54, 1.807) is 0 Å². The van der Waals surface area contributed by atoms with Crippen molar-refractivity contribution < 1.29 is 0 Å². The SMILES string of the molecule is CCC1(CNC(C)Cc2ccccc2)CCC1. The smallest absolute Gasteiger partial charge is 0.00793 e. The second-order valence-electron chi connectivity index (χ2n) is 5.68. The Morgan fingerprint density at radius 3 is 2.47 bits per heavy atom. The fourth-order valence-electron chi connectivity index (χ4n) is 2.76. The Labute approximate surface area is 106 Å². The fourth-order valence-corrected chi connectivity index (χ4v) is 2.76. The van der Waals surface area contributed by atoms with Crippen molar-refractivity contribution in [1.29, 1.82) is 0 Å². The maximum absolute atomic E-state index is 3.72. The molecule has 1 aliphatic carbocycles. The summed E-state index contributed by atoms with van der Waals surface area (Å²) in [5, 5.41) is 3.72. The molecule has 0 aliphatic heterocycles. The van der Waals surface area contributed by atoms with E-state index >= 15 is 0 Å². The maximum Gasteiger partial charge on any atom is 0.00793 e. The third-order valence-electron chi connectivity index (χ3n) is 4.37. The van der Waals surface area contributed by atoms with Crippen LogP contribution in [0.3, 0.4) is 0 Å². The lowest BCUT2D eigenvalue weighted by Crippen LogP contribution is -2.43.